The summed E-state index contributed by atoms with van der Waals surface area (Å²) in [5, 5.41) is 10.2. The third-order valence-corrected chi connectivity index (χ3v) is 6.15. The van der Waals surface area contributed by atoms with Gasteiger partial charge in [0, 0.05) is 13.1 Å². The summed E-state index contributed by atoms with van der Waals surface area (Å²) in [5.74, 6) is 1.58. The Hall–Kier alpha value is -1.86. The number of halogens is 1. The fraction of sp³-hybridized carbons (Fsp3) is 0.524. The third-order valence-electron chi connectivity index (χ3n) is 5.35. The molecule has 3 rings (SSSR count). The molecule has 6 nitrogen and oxygen atoms in total. The monoisotopic (exact) mass is 448 g/mol. The van der Waals surface area contributed by atoms with Crippen molar-refractivity contribution in [2.45, 2.75) is 39.2 Å². The van der Waals surface area contributed by atoms with Crippen LogP contribution in [0.1, 0.15) is 54.4 Å². The normalized spacial score (nSPS) is 15.8. The quantitative estimate of drug-likeness (QED) is 0.672. The summed E-state index contributed by atoms with van der Waals surface area (Å²) in [7, 11) is 1.69. The Morgan fingerprint density at radius 2 is 2.00 bits per heavy atom. The molecule has 0 aliphatic carbocycles. The van der Waals surface area contributed by atoms with E-state index in [1.54, 1.807) is 7.11 Å². The number of rotatable bonds is 7. The van der Waals surface area contributed by atoms with E-state index >= 15 is 0 Å². The highest BCUT2D eigenvalue weighted by atomic mass is 79.9. The van der Waals surface area contributed by atoms with Gasteiger partial charge in [0.1, 0.15) is 5.75 Å². The number of piperidine rings is 1. The lowest BCUT2D eigenvalue weighted by molar-refractivity contribution is 0.0929. The molecule has 7 heteroatoms. The van der Waals surface area contributed by atoms with Crippen LogP contribution in [0.5, 0.6) is 5.75 Å². The summed E-state index contributed by atoms with van der Waals surface area (Å²) >= 11 is 3.50. The van der Waals surface area contributed by atoms with Gasteiger partial charge >= 0.3 is 0 Å². The molecule has 1 aromatic heterocycles. The van der Waals surface area contributed by atoms with Crippen molar-refractivity contribution in [1.82, 2.24) is 20.4 Å². The molecule has 2 aromatic rings. The first-order valence-corrected chi connectivity index (χ1v) is 10.6. The van der Waals surface area contributed by atoms with E-state index in [0.717, 1.165) is 48.4 Å². The van der Waals surface area contributed by atoms with Crippen molar-refractivity contribution < 1.29 is 9.53 Å². The Balaban J connectivity index is 1.43. The Labute approximate surface area is 175 Å². The van der Waals surface area contributed by atoms with Crippen LogP contribution in [0, 0.1) is 5.92 Å². The van der Waals surface area contributed by atoms with Crippen LogP contribution in [0.2, 0.25) is 0 Å². The number of amides is 1. The first-order chi connectivity index (χ1) is 13.5. The van der Waals surface area contributed by atoms with Crippen LogP contribution in [0.15, 0.2) is 28.7 Å². The number of hydrogen-bond donors (Lipinski definition) is 2. The van der Waals surface area contributed by atoms with Crippen LogP contribution >= 0.6 is 15.9 Å². The Morgan fingerprint density at radius 1 is 1.32 bits per heavy atom. The first-order valence-electron chi connectivity index (χ1n) is 9.85. The van der Waals surface area contributed by atoms with E-state index < -0.39 is 0 Å². The van der Waals surface area contributed by atoms with Gasteiger partial charge in [-0.05, 0) is 71.4 Å². The van der Waals surface area contributed by atoms with Crippen molar-refractivity contribution >= 4 is 21.8 Å². The number of aromatic amines is 1. The van der Waals surface area contributed by atoms with Gasteiger partial charge in [0.2, 0.25) is 0 Å². The second-order valence-corrected chi connectivity index (χ2v) is 8.53. The average molecular weight is 449 g/mol. The molecule has 1 saturated heterocycles. The number of H-pyrrole nitrogens is 1. The molecule has 0 spiro atoms. The van der Waals surface area contributed by atoms with E-state index in [-0.39, 0.29) is 5.91 Å². The van der Waals surface area contributed by atoms with Crippen molar-refractivity contribution in [1.29, 1.82) is 0 Å². The SMILES string of the molecule is COc1ccc(CN2CCC(CNC(=O)c3n[nH]c(C(C)C)c3Br)CC2)cc1. The molecule has 0 atom stereocenters. The number of aromatic nitrogens is 2. The van der Waals surface area contributed by atoms with Crippen LogP contribution in [-0.4, -0.2) is 47.7 Å². The zero-order chi connectivity index (χ0) is 20.1. The van der Waals surface area contributed by atoms with Gasteiger partial charge in [-0.1, -0.05) is 26.0 Å². The number of carbonyl (C=O) groups excluding carboxylic acids is 1. The zero-order valence-corrected chi connectivity index (χ0v) is 18.4. The fourth-order valence-corrected chi connectivity index (χ4v) is 4.35. The maximum absolute atomic E-state index is 12.5. The second-order valence-electron chi connectivity index (χ2n) is 7.73. The van der Waals surface area contributed by atoms with E-state index in [4.69, 9.17) is 4.74 Å². The minimum Gasteiger partial charge on any atom is -0.497 e. The smallest absolute Gasteiger partial charge is 0.272 e. The Bertz CT molecular complexity index is 780. The van der Waals surface area contributed by atoms with Gasteiger partial charge in [0.15, 0.2) is 5.69 Å². The van der Waals surface area contributed by atoms with Crippen LogP contribution in [0.4, 0.5) is 0 Å². The Kier molecular flexibility index (Phi) is 7.13. The van der Waals surface area contributed by atoms with Crippen LogP contribution in [-0.2, 0) is 6.54 Å². The number of hydrogen-bond acceptors (Lipinski definition) is 4. The molecule has 28 heavy (non-hydrogen) atoms. The van der Waals surface area contributed by atoms with Gasteiger partial charge < -0.3 is 10.1 Å². The van der Waals surface area contributed by atoms with E-state index in [9.17, 15) is 4.79 Å². The van der Waals surface area contributed by atoms with Gasteiger partial charge in [0.05, 0.1) is 17.3 Å². The highest BCUT2D eigenvalue weighted by Gasteiger charge is 2.22. The molecule has 0 saturated carbocycles. The summed E-state index contributed by atoms with van der Waals surface area (Å²) < 4.78 is 5.99. The average Bonchev–Trinajstić information content (AvgIpc) is 3.09. The third kappa shape index (κ3) is 5.14. The summed E-state index contributed by atoms with van der Waals surface area (Å²) in [6.07, 6.45) is 2.19. The molecular weight excluding hydrogens is 420 g/mol. The van der Waals surface area contributed by atoms with Crippen molar-refractivity contribution in [2.75, 3.05) is 26.7 Å². The van der Waals surface area contributed by atoms with Crippen molar-refractivity contribution in [3.8, 4) is 5.75 Å². The molecule has 1 aromatic carbocycles. The molecule has 1 amide bonds. The first kappa shape index (κ1) is 20.9. The Morgan fingerprint density at radius 3 is 2.57 bits per heavy atom. The van der Waals surface area contributed by atoms with Crippen molar-refractivity contribution in [3.63, 3.8) is 0 Å². The number of carbonyl (C=O) groups is 1. The zero-order valence-electron chi connectivity index (χ0n) is 16.8. The van der Waals surface area contributed by atoms with Crippen LogP contribution in [0.25, 0.3) is 0 Å². The van der Waals surface area contributed by atoms with Gasteiger partial charge in [-0.2, -0.15) is 5.10 Å². The summed E-state index contributed by atoms with van der Waals surface area (Å²) in [6, 6.07) is 8.27. The lowest BCUT2D eigenvalue weighted by Gasteiger charge is -2.32. The molecular formula is C21H29BrN4O2. The molecule has 2 N–H and O–H groups in total. The largest absolute Gasteiger partial charge is 0.497 e. The van der Waals surface area contributed by atoms with Gasteiger partial charge in [0.25, 0.3) is 5.91 Å². The number of methoxy groups -OCH3 is 1. The summed E-state index contributed by atoms with van der Waals surface area (Å²) in [6.45, 7) is 7.90. The maximum atomic E-state index is 12.5. The fourth-order valence-electron chi connectivity index (χ4n) is 3.53. The summed E-state index contributed by atoms with van der Waals surface area (Å²) in [4.78, 5) is 14.9. The number of benzene rings is 1. The highest BCUT2D eigenvalue weighted by molar-refractivity contribution is 9.10. The number of likely N-dealkylation sites (tertiary alicyclic amines) is 1. The topological polar surface area (TPSA) is 70.2 Å². The van der Waals surface area contributed by atoms with E-state index in [1.807, 2.05) is 12.1 Å². The van der Waals surface area contributed by atoms with E-state index in [1.165, 1.54) is 5.56 Å². The van der Waals surface area contributed by atoms with Crippen LogP contribution < -0.4 is 10.1 Å². The molecule has 152 valence electrons. The van der Waals surface area contributed by atoms with Gasteiger partial charge in [-0.25, -0.2) is 0 Å². The summed E-state index contributed by atoms with van der Waals surface area (Å²) in [5.41, 5.74) is 2.70. The molecule has 0 bridgehead atoms. The van der Waals surface area contributed by atoms with Gasteiger partial charge in [-0.3, -0.25) is 14.8 Å². The number of nitrogens with zero attached hydrogens (tertiary/aromatic N) is 2. The minimum atomic E-state index is -0.115. The number of nitrogens with one attached hydrogen (secondary N) is 2. The molecule has 1 aliphatic rings. The van der Waals surface area contributed by atoms with Crippen molar-refractivity contribution in [2.24, 2.45) is 5.92 Å². The molecule has 1 aliphatic heterocycles. The molecule has 2 heterocycles. The minimum absolute atomic E-state index is 0.115. The second kappa shape index (κ2) is 9.56. The standard InChI is InChI=1S/C21H29BrN4O2/c1-14(2)19-18(22)20(25-24-19)21(27)23-12-15-8-10-26(11-9-15)13-16-4-6-17(28-3)7-5-16/h4-7,14-15H,8-13H2,1-3H3,(H,23,27)(H,24,25). The van der Waals surface area contributed by atoms with E-state index in [2.05, 4.69) is 62.3 Å². The highest BCUT2D eigenvalue weighted by Crippen LogP contribution is 2.25. The predicted molar refractivity (Wildman–Crippen MR) is 114 cm³/mol. The van der Waals surface area contributed by atoms with Crippen LogP contribution in [0.3, 0.4) is 0 Å². The van der Waals surface area contributed by atoms with Crippen molar-refractivity contribution in [3.05, 3.63) is 45.7 Å². The predicted octanol–water partition coefficient (Wildman–Crippen LogP) is 3.95. The van der Waals surface area contributed by atoms with Gasteiger partial charge in [-0.15, -0.1) is 0 Å². The maximum Gasteiger partial charge on any atom is 0.272 e. The van der Waals surface area contributed by atoms with E-state index in [0.29, 0.717) is 24.1 Å². The lowest BCUT2D eigenvalue weighted by atomic mass is 9.96. The lowest BCUT2D eigenvalue weighted by Crippen LogP contribution is -2.38. The molecule has 0 unspecified atom stereocenters. The number of ether oxygens (including phenoxy) is 1. The molecule has 1 fully saturated rings. The molecule has 0 radical (unpaired) electrons.